The number of carbonyl (C=O) groups is 1. The molecule has 0 saturated heterocycles. The van der Waals surface area contributed by atoms with E-state index in [4.69, 9.17) is 15.0 Å². The van der Waals surface area contributed by atoms with Crippen molar-refractivity contribution in [1.29, 1.82) is 0 Å². The molecular weight excluding hydrogens is 260 g/mol. The van der Waals surface area contributed by atoms with Gasteiger partial charge in [-0.2, -0.15) is 35.1 Å². The summed E-state index contributed by atoms with van der Waals surface area (Å²) in [7, 11) is 0. The molecule has 0 aromatic rings. The van der Waals surface area contributed by atoms with Crippen molar-refractivity contribution in [2.75, 3.05) is 0 Å². The van der Waals surface area contributed by atoms with Crippen LogP contribution in [0.1, 0.15) is 0 Å². The van der Waals surface area contributed by atoms with Gasteiger partial charge in [0.05, 0.1) is 0 Å². The average Bonchev–Trinajstić information content (AvgIpc) is 2.03. The Morgan fingerprint density at radius 2 is 0.625 bits per heavy atom. The number of hydrogen-bond acceptors (Lipinski definition) is 1. The van der Waals surface area contributed by atoms with Crippen LogP contribution >= 0.6 is 0 Å². The fourth-order valence-corrected chi connectivity index (χ4v) is 0. The molecule has 96 valence electrons. The quantitative estimate of drug-likeness (QED) is 0.643. The molecule has 11 heteroatoms. The van der Waals surface area contributed by atoms with Crippen LogP contribution in [0.15, 0.2) is 24.3 Å². The van der Waals surface area contributed by atoms with Crippen molar-refractivity contribution in [2.24, 2.45) is 0 Å². The molecule has 0 amide bonds. The van der Waals surface area contributed by atoms with Gasteiger partial charge in [-0.15, -0.1) is 0 Å². The van der Waals surface area contributed by atoms with E-state index >= 15 is 0 Å². The third-order valence-electron chi connectivity index (χ3n) is 0.286. The summed E-state index contributed by atoms with van der Waals surface area (Å²) in [5, 5.41) is 13.9. The summed E-state index contributed by atoms with van der Waals surface area (Å²) in [5.74, 6) is 0. The minimum atomic E-state index is -2.91. The van der Waals surface area contributed by atoms with Gasteiger partial charge in [0.2, 0.25) is 0 Å². The second kappa shape index (κ2) is 11.3. The highest BCUT2D eigenvalue weighted by molar-refractivity contribution is 5.53. The topological polar surface area (TPSA) is 57.5 Å². The van der Waals surface area contributed by atoms with E-state index in [2.05, 4.69) is 0 Å². The third-order valence-corrected chi connectivity index (χ3v) is 0.286. The molecule has 0 fully saturated rings. The molecule has 0 aromatic heterocycles. The SMILES string of the molecule is FC(F)=C(F)F.FC(F)=C(F)F.O=C(O)O. The van der Waals surface area contributed by atoms with E-state index in [1.54, 1.807) is 0 Å². The van der Waals surface area contributed by atoms with Gasteiger partial charge in [-0.1, -0.05) is 0 Å². The Labute approximate surface area is 81.9 Å². The minimum Gasteiger partial charge on any atom is -0.450 e. The maximum Gasteiger partial charge on any atom is 0.503 e. The average molecular weight is 262 g/mol. The summed E-state index contributed by atoms with van der Waals surface area (Å²) in [6, 6.07) is 0. The predicted octanol–water partition coefficient (Wildman–Crippen LogP) is 4.20. The van der Waals surface area contributed by atoms with Crippen LogP contribution in [0.25, 0.3) is 0 Å². The van der Waals surface area contributed by atoms with Gasteiger partial charge in [0.15, 0.2) is 0 Å². The van der Waals surface area contributed by atoms with Crippen molar-refractivity contribution in [3.63, 3.8) is 0 Å². The fourth-order valence-electron chi connectivity index (χ4n) is 0. The first-order valence-electron chi connectivity index (χ1n) is 2.66. The maximum atomic E-state index is 10.3. The van der Waals surface area contributed by atoms with Crippen molar-refractivity contribution >= 4 is 6.16 Å². The fraction of sp³-hybridized carbons (Fsp3) is 0. The molecule has 0 aliphatic rings. The van der Waals surface area contributed by atoms with E-state index in [9.17, 15) is 35.1 Å². The van der Waals surface area contributed by atoms with Crippen LogP contribution in [0.3, 0.4) is 0 Å². The van der Waals surface area contributed by atoms with Crippen molar-refractivity contribution < 1.29 is 50.1 Å². The third kappa shape index (κ3) is 39.8. The molecule has 0 unspecified atom stereocenters. The minimum absolute atomic E-state index is 1.83. The monoisotopic (exact) mass is 262 g/mol. The first-order chi connectivity index (χ1) is 7.02. The molecule has 0 bridgehead atoms. The lowest BCUT2D eigenvalue weighted by Crippen LogP contribution is -1.81. The zero-order valence-electron chi connectivity index (χ0n) is 6.83. The summed E-state index contributed by atoms with van der Waals surface area (Å²) < 4.78 is 82.3. The van der Waals surface area contributed by atoms with Crippen molar-refractivity contribution in [3.8, 4) is 0 Å². The normalized spacial score (nSPS) is 7.50. The van der Waals surface area contributed by atoms with E-state index in [0.29, 0.717) is 0 Å². The Hall–Kier alpha value is -1.81. The number of rotatable bonds is 0. The second-order valence-corrected chi connectivity index (χ2v) is 1.32. The lowest BCUT2D eigenvalue weighted by molar-refractivity contribution is 0.137. The summed E-state index contributed by atoms with van der Waals surface area (Å²) in [5.41, 5.74) is 0. The molecular formula is C5H2F8O3. The highest BCUT2D eigenvalue weighted by Crippen LogP contribution is 2.08. The van der Waals surface area contributed by atoms with E-state index < -0.39 is 30.5 Å². The highest BCUT2D eigenvalue weighted by Gasteiger charge is 1.98. The molecule has 0 atom stereocenters. The van der Waals surface area contributed by atoms with Gasteiger partial charge >= 0.3 is 30.5 Å². The lowest BCUT2D eigenvalue weighted by atomic mass is 11.1. The lowest BCUT2D eigenvalue weighted by Gasteiger charge is -1.69. The molecule has 0 rings (SSSR count). The van der Waals surface area contributed by atoms with Crippen molar-refractivity contribution in [2.45, 2.75) is 0 Å². The van der Waals surface area contributed by atoms with Crippen LogP contribution in [0.4, 0.5) is 39.9 Å². The van der Waals surface area contributed by atoms with Crippen LogP contribution in [0.5, 0.6) is 0 Å². The molecule has 0 spiro atoms. The van der Waals surface area contributed by atoms with E-state index in [1.165, 1.54) is 0 Å². The molecule has 16 heavy (non-hydrogen) atoms. The van der Waals surface area contributed by atoms with Gasteiger partial charge in [0.25, 0.3) is 0 Å². The number of hydrogen-bond donors (Lipinski definition) is 2. The Balaban J connectivity index is -0.000000162. The molecule has 3 nitrogen and oxygen atoms in total. The molecule has 0 radical (unpaired) electrons. The smallest absolute Gasteiger partial charge is 0.450 e. The molecule has 0 aliphatic carbocycles. The Morgan fingerprint density at radius 1 is 0.562 bits per heavy atom. The van der Waals surface area contributed by atoms with E-state index in [0.717, 1.165) is 0 Å². The van der Waals surface area contributed by atoms with Crippen LogP contribution in [-0.2, 0) is 0 Å². The highest BCUT2D eigenvalue weighted by atomic mass is 19.3. The molecule has 2 N–H and O–H groups in total. The first-order valence-corrected chi connectivity index (χ1v) is 2.66. The van der Waals surface area contributed by atoms with Crippen LogP contribution in [0, 0.1) is 0 Å². The van der Waals surface area contributed by atoms with E-state index in [-0.39, 0.29) is 0 Å². The van der Waals surface area contributed by atoms with Gasteiger partial charge in [0, 0.05) is 0 Å². The zero-order valence-corrected chi connectivity index (χ0v) is 6.83. The van der Waals surface area contributed by atoms with Gasteiger partial charge in [-0.3, -0.25) is 0 Å². The zero-order chi connectivity index (χ0) is 13.9. The van der Waals surface area contributed by atoms with Gasteiger partial charge in [-0.05, 0) is 0 Å². The summed E-state index contributed by atoms with van der Waals surface area (Å²) in [4.78, 5) is 8.56. The Bertz CT molecular complexity index is 211. The Morgan fingerprint density at radius 3 is 0.625 bits per heavy atom. The van der Waals surface area contributed by atoms with Crippen molar-refractivity contribution in [1.82, 2.24) is 0 Å². The summed E-state index contributed by atoms with van der Waals surface area (Å²) >= 11 is 0. The van der Waals surface area contributed by atoms with Crippen molar-refractivity contribution in [3.05, 3.63) is 24.3 Å². The predicted molar refractivity (Wildman–Crippen MR) is 33.6 cm³/mol. The largest absolute Gasteiger partial charge is 0.503 e. The van der Waals surface area contributed by atoms with Gasteiger partial charge < -0.3 is 10.2 Å². The number of halogens is 8. The molecule has 0 aromatic carbocycles. The van der Waals surface area contributed by atoms with Crippen LogP contribution in [-0.4, -0.2) is 16.4 Å². The van der Waals surface area contributed by atoms with Crippen LogP contribution < -0.4 is 0 Å². The molecule has 0 aliphatic heterocycles. The van der Waals surface area contributed by atoms with Gasteiger partial charge in [0.1, 0.15) is 0 Å². The van der Waals surface area contributed by atoms with Crippen LogP contribution in [0.2, 0.25) is 0 Å². The van der Waals surface area contributed by atoms with Gasteiger partial charge in [-0.25, -0.2) is 4.79 Å². The standard InChI is InChI=1S/2C2F4.CH2O3/c2*3-1(4)2(5)6;2-1(3)4/h;;(H2,2,3,4). The summed E-state index contributed by atoms with van der Waals surface area (Å²) in [6.07, 6.45) is -13.5. The maximum absolute atomic E-state index is 10.3. The van der Waals surface area contributed by atoms with E-state index in [1.807, 2.05) is 0 Å². The molecule has 0 saturated carbocycles. The summed E-state index contributed by atoms with van der Waals surface area (Å²) in [6.45, 7) is 0. The molecule has 0 heterocycles. The Kier molecular flexibility index (Phi) is 13.9. The second-order valence-electron chi connectivity index (χ2n) is 1.32. The number of carboxylic acid groups (broad SMARTS) is 2. The first kappa shape index (κ1) is 19.7.